The molecule has 0 radical (unpaired) electrons. The fourth-order valence-electron chi connectivity index (χ4n) is 7.57. The molecule has 0 rings (SSSR count). The largest absolute Gasteiger partial charge is 0.756 e. The van der Waals surface area contributed by atoms with E-state index in [4.69, 9.17) is 18.5 Å². The molecule has 0 spiro atoms. The number of carbonyl (C=O) groups is 2. The number of allylic oxidation sites excluding steroid dienone is 10. The van der Waals surface area contributed by atoms with Gasteiger partial charge in [-0.25, -0.2) is 0 Å². The van der Waals surface area contributed by atoms with Crippen LogP contribution in [-0.2, 0) is 32.7 Å². The van der Waals surface area contributed by atoms with Crippen LogP contribution in [0, 0.1) is 0 Å². The van der Waals surface area contributed by atoms with Crippen molar-refractivity contribution in [1.29, 1.82) is 0 Å². The lowest BCUT2D eigenvalue weighted by Crippen LogP contribution is -2.37. The van der Waals surface area contributed by atoms with Gasteiger partial charge in [0.2, 0.25) is 0 Å². The second-order valence-corrected chi connectivity index (χ2v) is 21.0. The van der Waals surface area contributed by atoms with E-state index in [2.05, 4.69) is 74.6 Å². The quantitative estimate of drug-likeness (QED) is 0.0195. The van der Waals surface area contributed by atoms with E-state index >= 15 is 0 Å². The van der Waals surface area contributed by atoms with Gasteiger partial charge in [0.15, 0.2) is 6.10 Å². The molecule has 67 heavy (non-hydrogen) atoms. The van der Waals surface area contributed by atoms with Gasteiger partial charge < -0.3 is 27.9 Å². The van der Waals surface area contributed by atoms with Crippen molar-refractivity contribution >= 4 is 19.8 Å². The van der Waals surface area contributed by atoms with Crippen molar-refractivity contribution < 1.29 is 42.1 Å². The van der Waals surface area contributed by atoms with Crippen LogP contribution >= 0.6 is 7.82 Å². The van der Waals surface area contributed by atoms with E-state index < -0.39 is 26.5 Å². The maximum absolute atomic E-state index is 12.8. The number of esters is 2. The van der Waals surface area contributed by atoms with Crippen LogP contribution in [0.15, 0.2) is 60.8 Å². The highest BCUT2D eigenvalue weighted by Gasteiger charge is 2.21. The second kappa shape index (κ2) is 48.7. The molecule has 0 saturated carbocycles. The van der Waals surface area contributed by atoms with E-state index in [1.807, 2.05) is 21.1 Å². The van der Waals surface area contributed by atoms with E-state index in [0.717, 1.165) is 83.5 Å². The third-order valence-electron chi connectivity index (χ3n) is 11.8. The van der Waals surface area contributed by atoms with Crippen molar-refractivity contribution in [3.63, 3.8) is 0 Å². The SMILES string of the molecule is CC/C=C\C/C=C\C/C=C\C/C=C\C/C=C\CCCCCCCC(=O)OC(COC(=O)CCCCCCCCCCCCCCCCCCCCCCCC)COP(=O)([O-])OCC[N+](C)(C)C. The van der Waals surface area contributed by atoms with Crippen LogP contribution in [0.5, 0.6) is 0 Å². The van der Waals surface area contributed by atoms with Gasteiger partial charge in [0, 0.05) is 12.8 Å². The number of hydrogen-bond donors (Lipinski definition) is 0. The Bertz CT molecular complexity index is 1320. The predicted octanol–water partition coefficient (Wildman–Crippen LogP) is 16.1. The first-order valence-electron chi connectivity index (χ1n) is 27.5. The minimum Gasteiger partial charge on any atom is -0.756 e. The summed E-state index contributed by atoms with van der Waals surface area (Å²) in [7, 11) is 1.15. The van der Waals surface area contributed by atoms with Crippen LogP contribution in [0.1, 0.15) is 239 Å². The van der Waals surface area contributed by atoms with Gasteiger partial charge in [-0.3, -0.25) is 14.2 Å². The summed E-state index contributed by atoms with van der Waals surface area (Å²) in [6.45, 7) is 4.12. The molecule has 2 unspecified atom stereocenters. The summed E-state index contributed by atoms with van der Waals surface area (Å²) >= 11 is 0. The van der Waals surface area contributed by atoms with Gasteiger partial charge in [-0.1, -0.05) is 229 Å². The summed E-state index contributed by atoms with van der Waals surface area (Å²) in [5.74, 6) is -0.849. The summed E-state index contributed by atoms with van der Waals surface area (Å²) in [6, 6.07) is 0. The molecule has 0 heterocycles. The Morgan fingerprint density at radius 3 is 1.27 bits per heavy atom. The highest BCUT2D eigenvalue weighted by molar-refractivity contribution is 7.45. The molecule has 390 valence electrons. The number of nitrogens with zero attached hydrogens (tertiary/aromatic N) is 1. The molecule has 0 aromatic carbocycles. The number of quaternary nitrogens is 1. The van der Waals surface area contributed by atoms with E-state index in [1.165, 1.54) is 122 Å². The van der Waals surface area contributed by atoms with E-state index in [-0.39, 0.29) is 32.0 Å². The van der Waals surface area contributed by atoms with Crippen molar-refractivity contribution in [2.75, 3.05) is 47.5 Å². The van der Waals surface area contributed by atoms with Crippen molar-refractivity contribution in [3.05, 3.63) is 60.8 Å². The Kier molecular flexibility index (Phi) is 47.1. The van der Waals surface area contributed by atoms with Crippen LogP contribution in [0.3, 0.4) is 0 Å². The number of rotatable bonds is 50. The van der Waals surface area contributed by atoms with Gasteiger partial charge in [0.1, 0.15) is 19.8 Å². The molecule has 0 aliphatic rings. The van der Waals surface area contributed by atoms with Crippen molar-refractivity contribution in [2.45, 2.75) is 245 Å². The first-order valence-corrected chi connectivity index (χ1v) is 29.0. The van der Waals surface area contributed by atoms with Gasteiger partial charge in [-0.05, 0) is 57.8 Å². The number of phosphoric acid groups is 1. The summed E-state index contributed by atoms with van der Waals surface area (Å²) in [4.78, 5) is 37.8. The smallest absolute Gasteiger partial charge is 0.306 e. The van der Waals surface area contributed by atoms with Gasteiger partial charge in [0.25, 0.3) is 7.82 Å². The monoisotopic (exact) mass is 962 g/mol. The molecular formula is C57H104NO8P. The standard InChI is InChI=1S/C57H104NO8P/c1-6-8-10-12-14-16-18-20-22-24-26-28-30-31-33-35-37-39-41-43-45-47-49-56(59)63-53-55(54-65-67(61,62)64-52-51-58(3,4)5)66-57(60)50-48-46-44-42-40-38-36-34-32-29-27-25-23-21-19-17-15-13-11-9-7-2/h9,11,15,17,21,23,27,29,34,36,55H,6-8,10,12-14,16,18-20,22,24-26,28,30-33,35,37-54H2,1-5H3/b11-9-,17-15-,23-21-,29-27-,36-34-. The number of carbonyl (C=O) groups excluding carboxylic acids is 2. The fraction of sp³-hybridized carbons (Fsp3) is 0.789. The van der Waals surface area contributed by atoms with Gasteiger partial charge in [-0.15, -0.1) is 0 Å². The lowest BCUT2D eigenvalue weighted by atomic mass is 10.0. The van der Waals surface area contributed by atoms with Crippen molar-refractivity contribution in [3.8, 4) is 0 Å². The predicted molar refractivity (Wildman–Crippen MR) is 282 cm³/mol. The summed E-state index contributed by atoms with van der Waals surface area (Å²) in [5.41, 5.74) is 0. The highest BCUT2D eigenvalue weighted by atomic mass is 31.2. The first-order chi connectivity index (χ1) is 32.5. The number of hydrogen-bond acceptors (Lipinski definition) is 8. The van der Waals surface area contributed by atoms with E-state index in [1.54, 1.807) is 0 Å². The minimum absolute atomic E-state index is 0.0361. The zero-order chi connectivity index (χ0) is 49.2. The zero-order valence-corrected chi connectivity index (χ0v) is 45.0. The number of ether oxygens (including phenoxy) is 2. The lowest BCUT2D eigenvalue weighted by molar-refractivity contribution is -0.870. The Morgan fingerprint density at radius 2 is 0.851 bits per heavy atom. The molecule has 0 aliphatic carbocycles. The first kappa shape index (κ1) is 64.7. The molecule has 9 nitrogen and oxygen atoms in total. The van der Waals surface area contributed by atoms with Crippen molar-refractivity contribution in [1.82, 2.24) is 0 Å². The Morgan fingerprint density at radius 1 is 0.478 bits per heavy atom. The molecule has 0 amide bonds. The van der Waals surface area contributed by atoms with Crippen LogP contribution in [0.2, 0.25) is 0 Å². The number of unbranched alkanes of at least 4 members (excludes halogenated alkanes) is 26. The number of phosphoric ester groups is 1. The molecular weight excluding hydrogens is 858 g/mol. The molecule has 0 fully saturated rings. The summed E-state index contributed by atoms with van der Waals surface area (Å²) < 4.78 is 34.1. The molecule has 10 heteroatoms. The zero-order valence-electron chi connectivity index (χ0n) is 44.1. The number of likely N-dealkylation sites (N-methyl/N-ethyl adjacent to an activating group) is 1. The molecule has 0 N–H and O–H groups in total. The van der Waals surface area contributed by atoms with Gasteiger partial charge in [0.05, 0.1) is 27.7 Å². The Hall–Kier alpha value is -2.29. The van der Waals surface area contributed by atoms with E-state index in [9.17, 15) is 19.0 Å². The fourth-order valence-corrected chi connectivity index (χ4v) is 8.29. The third kappa shape index (κ3) is 52.9. The second-order valence-electron chi connectivity index (χ2n) is 19.6. The van der Waals surface area contributed by atoms with Crippen LogP contribution in [-0.4, -0.2) is 70.0 Å². The van der Waals surface area contributed by atoms with Crippen LogP contribution in [0.25, 0.3) is 0 Å². The molecule has 0 aromatic rings. The maximum Gasteiger partial charge on any atom is 0.306 e. The average molecular weight is 962 g/mol. The molecule has 0 saturated heterocycles. The normalized spacial score (nSPS) is 13.8. The van der Waals surface area contributed by atoms with Crippen LogP contribution in [0.4, 0.5) is 0 Å². The van der Waals surface area contributed by atoms with Crippen LogP contribution < -0.4 is 4.89 Å². The average Bonchev–Trinajstić information content (AvgIpc) is 3.29. The highest BCUT2D eigenvalue weighted by Crippen LogP contribution is 2.38. The van der Waals surface area contributed by atoms with E-state index in [0.29, 0.717) is 17.4 Å². The maximum atomic E-state index is 12.8. The molecule has 0 aliphatic heterocycles. The van der Waals surface area contributed by atoms with Gasteiger partial charge >= 0.3 is 11.9 Å². The topological polar surface area (TPSA) is 111 Å². The molecule has 0 bridgehead atoms. The third-order valence-corrected chi connectivity index (χ3v) is 12.8. The molecule has 0 aromatic heterocycles. The van der Waals surface area contributed by atoms with Gasteiger partial charge in [-0.2, -0.15) is 0 Å². The summed E-state index contributed by atoms with van der Waals surface area (Å²) in [5, 5.41) is 0. The molecule has 2 atom stereocenters. The van der Waals surface area contributed by atoms with Crippen molar-refractivity contribution in [2.24, 2.45) is 0 Å². The summed E-state index contributed by atoms with van der Waals surface area (Å²) in [6.07, 6.45) is 61.1. The Balaban J connectivity index is 4.23. The lowest BCUT2D eigenvalue weighted by Gasteiger charge is -2.28. The minimum atomic E-state index is -4.64. The Labute approximate surface area is 413 Å².